The molecule has 0 bridgehead atoms. The largest absolute Gasteiger partial charge is 0.479 e. The molecule has 0 fully saturated rings. The van der Waals surface area contributed by atoms with Gasteiger partial charge in [-0.25, -0.2) is 4.79 Å². The zero-order chi connectivity index (χ0) is 13.1. The van der Waals surface area contributed by atoms with Gasteiger partial charge in [-0.2, -0.15) is 4.98 Å². The summed E-state index contributed by atoms with van der Waals surface area (Å²) in [4.78, 5) is 14.7. The zero-order valence-electron chi connectivity index (χ0n) is 8.95. The maximum Gasteiger partial charge on any atom is 0.341 e. The number of halogens is 1. The molecule has 2 N–H and O–H groups in total. The van der Waals surface area contributed by atoms with Gasteiger partial charge >= 0.3 is 12.0 Å². The highest BCUT2D eigenvalue weighted by atomic mass is 35.5. The third-order valence-corrected chi connectivity index (χ3v) is 2.21. The Morgan fingerprint density at radius 2 is 2.28 bits per heavy atom. The molecule has 7 nitrogen and oxygen atoms in total. The lowest BCUT2D eigenvalue weighted by molar-refractivity contribution is -0.139. The van der Waals surface area contributed by atoms with E-state index in [1.54, 1.807) is 24.3 Å². The topological polar surface area (TPSA) is 97.5 Å². The molecule has 1 heterocycles. The van der Waals surface area contributed by atoms with E-state index in [4.69, 9.17) is 21.4 Å². The fourth-order valence-electron chi connectivity index (χ4n) is 1.28. The third-order valence-electron chi connectivity index (χ3n) is 1.98. The Labute approximate surface area is 106 Å². The average molecular weight is 270 g/mol. The molecule has 0 saturated heterocycles. The predicted molar refractivity (Wildman–Crippen MR) is 60.8 cm³/mol. The van der Waals surface area contributed by atoms with Crippen LogP contribution in [0.3, 0.4) is 0 Å². The van der Waals surface area contributed by atoms with E-state index in [0.717, 1.165) is 0 Å². The number of benzene rings is 1. The number of aromatic nitrogens is 3. The number of carboxylic acid groups (broad SMARTS) is 1. The second-order valence-corrected chi connectivity index (χ2v) is 3.74. The molecule has 0 aliphatic rings. The van der Waals surface area contributed by atoms with E-state index in [1.807, 2.05) is 0 Å². The van der Waals surface area contributed by atoms with Gasteiger partial charge in [-0.05, 0) is 12.1 Å². The first kappa shape index (κ1) is 12.2. The number of ether oxygens (including phenoxy) is 1. The summed E-state index contributed by atoms with van der Waals surface area (Å²) < 4.78 is 4.75. The van der Waals surface area contributed by atoms with Crippen molar-refractivity contribution in [3.05, 3.63) is 29.3 Å². The van der Waals surface area contributed by atoms with Crippen LogP contribution in [0.15, 0.2) is 24.3 Å². The molecule has 2 aromatic rings. The zero-order valence-corrected chi connectivity index (χ0v) is 9.70. The monoisotopic (exact) mass is 269 g/mol. The molecular formula is C10H8ClN3O4. The number of carboxylic acids is 1. The van der Waals surface area contributed by atoms with Crippen LogP contribution < -0.4 is 4.74 Å². The molecule has 94 valence electrons. The second-order valence-electron chi connectivity index (χ2n) is 3.30. The van der Waals surface area contributed by atoms with Gasteiger partial charge in [0.05, 0.1) is 0 Å². The Bertz CT molecular complexity index is 584. The summed E-state index contributed by atoms with van der Waals surface area (Å²) in [7, 11) is 0. The number of aliphatic carboxylic acids is 1. The average Bonchev–Trinajstić information content (AvgIpc) is 2.68. The summed E-state index contributed by atoms with van der Waals surface area (Å²) in [6.07, 6.45) is 0. The molecule has 0 unspecified atom stereocenters. The lowest BCUT2D eigenvalue weighted by Crippen LogP contribution is -2.10. The van der Waals surface area contributed by atoms with E-state index in [2.05, 4.69) is 10.1 Å². The molecule has 0 aliphatic heterocycles. The van der Waals surface area contributed by atoms with E-state index in [9.17, 15) is 10.0 Å². The molecule has 0 amide bonds. The van der Waals surface area contributed by atoms with Gasteiger partial charge in [0.2, 0.25) is 5.82 Å². The van der Waals surface area contributed by atoms with Crippen LogP contribution >= 0.6 is 11.6 Å². The minimum absolute atomic E-state index is 0.109. The van der Waals surface area contributed by atoms with E-state index in [0.29, 0.717) is 15.4 Å². The van der Waals surface area contributed by atoms with Gasteiger partial charge in [0.1, 0.15) is 0 Å². The fourth-order valence-corrected chi connectivity index (χ4v) is 1.47. The van der Waals surface area contributed by atoms with Gasteiger partial charge in [-0.3, -0.25) is 0 Å². The summed E-state index contributed by atoms with van der Waals surface area (Å²) in [6.45, 7) is -0.584. The van der Waals surface area contributed by atoms with Crippen molar-refractivity contribution in [1.82, 2.24) is 14.9 Å². The highest BCUT2D eigenvalue weighted by molar-refractivity contribution is 6.30. The Hall–Kier alpha value is -2.28. The standard InChI is InChI=1S/C10H8ClN3O4/c11-7-3-1-2-6(4-7)9-12-10(13-14(9)17)18-5-8(15)16/h1-4,17H,5H2,(H,15,16). The smallest absolute Gasteiger partial charge is 0.341 e. The van der Waals surface area contributed by atoms with Crippen LogP contribution in [0.2, 0.25) is 5.02 Å². The molecule has 8 heteroatoms. The maximum absolute atomic E-state index is 10.3. The van der Waals surface area contributed by atoms with Gasteiger partial charge in [0.25, 0.3) is 0 Å². The normalized spacial score (nSPS) is 10.3. The molecule has 0 aliphatic carbocycles. The van der Waals surface area contributed by atoms with Gasteiger partial charge in [-0.1, -0.05) is 33.7 Å². The first-order valence-electron chi connectivity index (χ1n) is 4.83. The molecule has 0 saturated carbocycles. The van der Waals surface area contributed by atoms with Crippen LogP contribution in [0.5, 0.6) is 6.01 Å². The van der Waals surface area contributed by atoms with E-state index < -0.39 is 12.6 Å². The summed E-state index contributed by atoms with van der Waals surface area (Å²) >= 11 is 5.81. The number of carbonyl (C=O) groups is 1. The van der Waals surface area contributed by atoms with Crippen LogP contribution in [0.1, 0.15) is 0 Å². The summed E-state index contributed by atoms with van der Waals surface area (Å²) in [5, 5.41) is 21.9. The molecular weight excluding hydrogens is 262 g/mol. The first-order valence-corrected chi connectivity index (χ1v) is 5.21. The summed E-state index contributed by atoms with van der Waals surface area (Å²) in [5.74, 6) is -1.05. The minimum Gasteiger partial charge on any atom is -0.479 e. The lowest BCUT2D eigenvalue weighted by Gasteiger charge is -1.98. The third kappa shape index (κ3) is 2.69. The fraction of sp³-hybridized carbons (Fsp3) is 0.100. The maximum atomic E-state index is 10.3. The van der Waals surface area contributed by atoms with Crippen LogP contribution in [-0.2, 0) is 4.79 Å². The lowest BCUT2D eigenvalue weighted by atomic mass is 10.2. The SMILES string of the molecule is O=C(O)COc1nc(-c2cccc(Cl)c2)n(O)n1. The number of rotatable bonds is 4. The molecule has 1 aromatic heterocycles. The molecule has 18 heavy (non-hydrogen) atoms. The van der Waals surface area contributed by atoms with Crippen LogP contribution in [0, 0.1) is 0 Å². The van der Waals surface area contributed by atoms with E-state index in [1.165, 1.54) is 0 Å². The van der Waals surface area contributed by atoms with Crippen molar-refractivity contribution >= 4 is 17.6 Å². The molecule has 1 aromatic carbocycles. The van der Waals surface area contributed by atoms with Gasteiger partial charge in [0.15, 0.2) is 6.61 Å². The van der Waals surface area contributed by atoms with Gasteiger partial charge in [-0.15, -0.1) is 0 Å². The minimum atomic E-state index is -1.16. The number of nitrogens with zero attached hydrogens (tertiary/aromatic N) is 3. The predicted octanol–water partition coefficient (Wildman–Crippen LogP) is 1.30. The van der Waals surface area contributed by atoms with Crippen molar-refractivity contribution in [2.24, 2.45) is 0 Å². The highest BCUT2D eigenvalue weighted by Gasteiger charge is 2.13. The van der Waals surface area contributed by atoms with Crippen molar-refractivity contribution < 1.29 is 19.8 Å². The van der Waals surface area contributed by atoms with Crippen molar-refractivity contribution in [3.8, 4) is 17.4 Å². The molecule has 0 spiro atoms. The summed E-state index contributed by atoms with van der Waals surface area (Å²) in [6, 6.07) is 6.38. The molecule has 0 radical (unpaired) electrons. The van der Waals surface area contributed by atoms with E-state index in [-0.39, 0.29) is 11.8 Å². The van der Waals surface area contributed by atoms with Crippen molar-refractivity contribution in [1.29, 1.82) is 0 Å². The first-order chi connectivity index (χ1) is 8.56. The Morgan fingerprint density at radius 1 is 1.50 bits per heavy atom. The van der Waals surface area contributed by atoms with Crippen LogP contribution in [0.4, 0.5) is 0 Å². The Kier molecular flexibility index (Phi) is 3.33. The molecule has 2 rings (SSSR count). The van der Waals surface area contributed by atoms with Crippen molar-refractivity contribution in [3.63, 3.8) is 0 Å². The Balaban J connectivity index is 2.26. The summed E-state index contributed by atoms with van der Waals surface area (Å²) in [5.41, 5.74) is 0.530. The van der Waals surface area contributed by atoms with Crippen LogP contribution in [0.25, 0.3) is 11.4 Å². The van der Waals surface area contributed by atoms with E-state index >= 15 is 0 Å². The highest BCUT2D eigenvalue weighted by Crippen LogP contribution is 2.21. The van der Waals surface area contributed by atoms with Crippen molar-refractivity contribution in [2.45, 2.75) is 0 Å². The van der Waals surface area contributed by atoms with Crippen molar-refractivity contribution in [2.75, 3.05) is 6.61 Å². The number of hydrogen-bond acceptors (Lipinski definition) is 5. The Morgan fingerprint density at radius 3 is 2.94 bits per heavy atom. The quantitative estimate of drug-likeness (QED) is 0.812. The molecule has 0 atom stereocenters. The van der Waals surface area contributed by atoms with Crippen LogP contribution in [-0.4, -0.2) is 37.8 Å². The van der Waals surface area contributed by atoms with Gasteiger partial charge in [0, 0.05) is 10.6 Å². The van der Waals surface area contributed by atoms with Gasteiger partial charge < -0.3 is 15.1 Å². The number of hydrogen-bond donors (Lipinski definition) is 2. The second kappa shape index (κ2) is 4.92.